The quantitative estimate of drug-likeness (QED) is 0.629. The van der Waals surface area contributed by atoms with Crippen LogP contribution in [0, 0.1) is 23.5 Å². The van der Waals surface area contributed by atoms with Crippen molar-refractivity contribution in [3.8, 4) is 11.3 Å². The van der Waals surface area contributed by atoms with E-state index in [2.05, 4.69) is 10.3 Å². The van der Waals surface area contributed by atoms with Gasteiger partial charge >= 0.3 is 0 Å². The molecule has 1 fully saturated rings. The second-order valence-electron chi connectivity index (χ2n) is 6.63. The van der Waals surface area contributed by atoms with E-state index in [0.717, 1.165) is 34.4 Å². The van der Waals surface area contributed by atoms with Crippen molar-refractivity contribution in [3.05, 3.63) is 47.4 Å². The van der Waals surface area contributed by atoms with Gasteiger partial charge in [-0.25, -0.2) is 13.8 Å². The van der Waals surface area contributed by atoms with Crippen LogP contribution in [0.15, 0.2) is 35.7 Å². The molecule has 0 saturated carbocycles. The number of likely N-dealkylation sites (tertiary alicyclic amines) is 1. The summed E-state index contributed by atoms with van der Waals surface area (Å²) in [5.41, 5.74) is 0.168. The third kappa shape index (κ3) is 3.33. The Morgan fingerprint density at radius 3 is 2.54 bits per heavy atom. The Bertz CT molecular complexity index is 978. The van der Waals surface area contributed by atoms with Crippen LogP contribution in [0.2, 0.25) is 0 Å². The van der Waals surface area contributed by atoms with Crippen molar-refractivity contribution in [1.82, 2.24) is 9.88 Å². The van der Waals surface area contributed by atoms with Crippen LogP contribution < -0.4 is 5.32 Å². The van der Waals surface area contributed by atoms with Gasteiger partial charge in [0.15, 0.2) is 5.13 Å². The molecule has 6 nitrogen and oxygen atoms in total. The molecule has 2 aliphatic rings. The van der Waals surface area contributed by atoms with E-state index >= 15 is 0 Å². The zero-order chi connectivity index (χ0) is 19.8. The SMILES string of the molecule is O=C(CN1C(=O)C2CC=CCC2C1=O)Nc1nc(-c2cc(F)ccc2F)cs1. The van der Waals surface area contributed by atoms with Gasteiger partial charge in [-0.3, -0.25) is 19.3 Å². The van der Waals surface area contributed by atoms with E-state index in [1.807, 2.05) is 12.2 Å². The number of halogens is 2. The van der Waals surface area contributed by atoms with Gasteiger partial charge in [0.2, 0.25) is 17.7 Å². The molecule has 1 aliphatic carbocycles. The molecule has 0 spiro atoms. The van der Waals surface area contributed by atoms with E-state index in [1.54, 1.807) is 0 Å². The molecular weight excluding hydrogens is 388 g/mol. The Morgan fingerprint density at radius 1 is 1.18 bits per heavy atom. The summed E-state index contributed by atoms with van der Waals surface area (Å²) in [7, 11) is 0. The van der Waals surface area contributed by atoms with Crippen molar-refractivity contribution in [2.75, 3.05) is 11.9 Å². The zero-order valence-corrected chi connectivity index (χ0v) is 15.3. The van der Waals surface area contributed by atoms with E-state index < -0.39 is 35.9 Å². The Morgan fingerprint density at radius 2 is 1.86 bits per heavy atom. The van der Waals surface area contributed by atoms with Gasteiger partial charge in [-0.1, -0.05) is 12.2 Å². The van der Waals surface area contributed by atoms with Crippen molar-refractivity contribution in [1.29, 1.82) is 0 Å². The lowest BCUT2D eigenvalue weighted by molar-refractivity contribution is -0.142. The molecular formula is C19H15F2N3O3S. The Balaban J connectivity index is 1.44. The lowest BCUT2D eigenvalue weighted by atomic mass is 9.85. The summed E-state index contributed by atoms with van der Waals surface area (Å²) < 4.78 is 27.2. The highest BCUT2D eigenvalue weighted by molar-refractivity contribution is 7.14. The van der Waals surface area contributed by atoms with Crippen LogP contribution in [0.3, 0.4) is 0 Å². The summed E-state index contributed by atoms with van der Waals surface area (Å²) in [6, 6.07) is 3.03. The van der Waals surface area contributed by atoms with Crippen LogP contribution in [0.1, 0.15) is 12.8 Å². The maximum atomic E-state index is 13.9. The van der Waals surface area contributed by atoms with Gasteiger partial charge in [-0.15, -0.1) is 11.3 Å². The fraction of sp³-hybridized carbons (Fsp3) is 0.263. The summed E-state index contributed by atoms with van der Waals surface area (Å²) >= 11 is 1.04. The Kier molecular flexibility index (Phi) is 4.76. The molecule has 4 rings (SSSR count). The summed E-state index contributed by atoms with van der Waals surface area (Å²) in [5, 5.41) is 4.16. The van der Waals surface area contributed by atoms with Crippen molar-refractivity contribution in [3.63, 3.8) is 0 Å². The second-order valence-corrected chi connectivity index (χ2v) is 7.49. The van der Waals surface area contributed by atoms with Gasteiger partial charge in [0.25, 0.3) is 0 Å². The number of benzene rings is 1. The van der Waals surface area contributed by atoms with Gasteiger partial charge in [-0.05, 0) is 31.0 Å². The summed E-state index contributed by atoms with van der Waals surface area (Å²) in [4.78, 5) is 42.2. The number of nitrogens with zero attached hydrogens (tertiary/aromatic N) is 2. The summed E-state index contributed by atoms with van der Waals surface area (Å²) in [6.45, 7) is -0.395. The third-order valence-electron chi connectivity index (χ3n) is 4.86. The topological polar surface area (TPSA) is 79.4 Å². The van der Waals surface area contributed by atoms with Crippen molar-refractivity contribution in [2.24, 2.45) is 11.8 Å². The standard InChI is InChI=1S/C19H15F2N3O3S/c20-10-5-6-14(21)13(7-10)15-9-28-19(22-15)23-16(25)8-24-17(26)11-3-1-2-4-12(11)18(24)27/h1-2,5-7,9,11-12H,3-4,8H2,(H,22,23,25). The molecule has 9 heteroatoms. The van der Waals surface area contributed by atoms with E-state index in [4.69, 9.17) is 0 Å². The number of thiazole rings is 1. The fourth-order valence-electron chi connectivity index (χ4n) is 3.48. The number of amides is 3. The van der Waals surface area contributed by atoms with Crippen LogP contribution in [-0.2, 0) is 14.4 Å². The van der Waals surface area contributed by atoms with Crippen LogP contribution in [-0.4, -0.2) is 34.2 Å². The number of allylic oxidation sites excluding steroid dienone is 2. The highest BCUT2D eigenvalue weighted by Crippen LogP contribution is 2.35. The first-order chi connectivity index (χ1) is 13.4. The fourth-order valence-corrected chi connectivity index (χ4v) is 4.20. The van der Waals surface area contributed by atoms with E-state index in [9.17, 15) is 23.2 Å². The van der Waals surface area contributed by atoms with Gasteiger partial charge in [0.1, 0.15) is 18.2 Å². The van der Waals surface area contributed by atoms with Crippen LogP contribution in [0.5, 0.6) is 0 Å². The minimum Gasteiger partial charge on any atom is -0.300 e. The van der Waals surface area contributed by atoms with Crippen LogP contribution in [0.4, 0.5) is 13.9 Å². The van der Waals surface area contributed by atoms with Crippen LogP contribution in [0.25, 0.3) is 11.3 Å². The number of anilines is 1. The number of carbonyl (C=O) groups is 3. The molecule has 3 amide bonds. The lowest BCUT2D eigenvalue weighted by Crippen LogP contribution is -2.38. The molecule has 2 unspecified atom stereocenters. The number of fused-ring (bicyclic) bond motifs is 1. The second kappa shape index (κ2) is 7.23. The maximum Gasteiger partial charge on any atom is 0.246 e. The first kappa shape index (κ1) is 18.4. The van der Waals surface area contributed by atoms with E-state index in [-0.39, 0.29) is 28.2 Å². The van der Waals surface area contributed by atoms with Gasteiger partial charge in [-0.2, -0.15) is 0 Å². The van der Waals surface area contributed by atoms with E-state index in [0.29, 0.717) is 12.8 Å². The molecule has 1 aromatic heterocycles. The molecule has 0 bridgehead atoms. The first-order valence-electron chi connectivity index (χ1n) is 8.65. The molecule has 2 atom stereocenters. The predicted octanol–water partition coefficient (Wildman–Crippen LogP) is 2.98. The summed E-state index contributed by atoms with van der Waals surface area (Å²) in [5.74, 6) is -3.27. The van der Waals surface area contributed by atoms with E-state index in [1.165, 1.54) is 5.38 Å². The molecule has 2 heterocycles. The molecule has 1 aliphatic heterocycles. The van der Waals surface area contributed by atoms with Crippen molar-refractivity contribution < 1.29 is 23.2 Å². The number of aromatic nitrogens is 1. The number of imide groups is 1. The largest absolute Gasteiger partial charge is 0.300 e. The monoisotopic (exact) mass is 403 g/mol. The molecule has 1 N–H and O–H groups in total. The molecule has 1 aromatic carbocycles. The predicted molar refractivity (Wildman–Crippen MR) is 98.2 cm³/mol. The van der Waals surface area contributed by atoms with Crippen LogP contribution >= 0.6 is 11.3 Å². The highest BCUT2D eigenvalue weighted by atomic mass is 32.1. The minimum atomic E-state index is -0.631. The molecule has 2 aromatic rings. The average Bonchev–Trinajstić information content (AvgIpc) is 3.23. The normalized spacial score (nSPS) is 21.1. The number of hydrogen-bond acceptors (Lipinski definition) is 5. The van der Waals surface area contributed by atoms with Crippen molar-refractivity contribution in [2.45, 2.75) is 12.8 Å². The number of carbonyl (C=O) groups excluding carboxylic acids is 3. The molecule has 144 valence electrons. The third-order valence-corrected chi connectivity index (χ3v) is 5.61. The zero-order valence-electron chi connectivity index (χ0n) is 14.5. The molecule has 1 saturated heterocycles. The Hall–Kier alpha value is -2.94. The first-order valence-corrected chi connectivity index (χ1v) is 9.53. The average molecular weight is 403 g/mol. The maximum absolute atomic E-state index is 13.9. The number of nitrogens with one attached hydrogen (secondary N) is 1. The molecule has 0 radical (unpaired) electrons. The minimum absolute atomic E-state index is 0.0155. The van der Waals surface area contributed by atoms with Gasteiger partial charge in [0, 0.05) is 10.9 Å². The lowest BCUT2D eigenvalue weighted by Gasteiger charge is -2.14. The van der Waals surface area contributed by atoms with Gasteiger partial charge < -0.3 is 5.32 Å². The Labute approximate surface area is 162 Å². The summed E-state index contributed by atoms with van der Waals surface area (Å²) in [6.07, 6.45) is 4.75. The van der Waals surface area contributed by atoms with Crippen molar-refractivity contribution >= 4 is 34.2 Å². The van der Waals surface area contributed by atoms with Gasteiger partial charge in [0.05, 0.1) is 17.5 Å². The smallest absolute Gasteiger partial charge is 0.246 e. The highest BCUT2D eigenvalue weighted by Gasteiger charge is 2.47. The molecule has 28 heavy (non-hydrogen) atoms. The number of rotatable bonds is 4. The number of hydrogen-bond donors (Lipinski definition) is 1.